The monoisotopic (exact) mass is 397 g/mol. The highest BCUT2D eigenvalue weighted by Crippen LogP contribution is 2.20. The van der Waals surface area contributed by atoms with E-state index >= 15 is 0 Å². The van der Waals surface area contributed by atoms with Gasteiger partial charge in [0, 0.05) is 5.69 Å². The van der Waals surface area contributed by atoms with Crippen LogP contribution in [0, 0.1) is 20.8 Å². The largest absolute Gasteiger partial charge is 0.451 e. The Morgan fingerprint density at radius 3 is 2.50 bits per heavy atom. The van der Waals surface area contributed by atoms with Crippen molar-refractivity contribution in [1.82, 2.24) is 9.71 Å². The number of rotatable bonds is 6. The van der Waals surface area contributed by atoms with Crippen molar-refractivity contribution in [1.29, 1.82) is 0 Å². The lowest BCUT2D eigenvalue weighted by atomic mass is 10.2. The second kappa shape index (κ2) is 7.94. The van der Waals surface area contributed by atoms with Crippen molar-refractivity contribution in [3.8, 4) is 0 Å². The highest BCUT2D eigenvalue weighted by Gasteiger charge is 2.18. The second-order valence-corrected chi connectivity index (χ2v) is 8.52. The fraction of sp³-hybridized carbons (Fsp3) is 0.312. The standard InChI is InChI=1S/C16H19N3O5S2/c1-9-5-6-12(7-13(9)26(22,23)17-4)19-14(20)8-24-16(21)15-10(2)18-11(3)25-15/h5-7,17H,8H2,1-4H3,(H,19,20). The first-order valence-corrected chi connectivity index (χ1v) is 9.89. The van der Waals surface area contributed by atoms with Gasteiger partial charge in [-0.1, -0.05) is 6.07 Å². The SMILES string of the molecule is CNS(=O)(=O)c1cc(NC(=O)COC(=O)c2sc(C)nc2C)ccc1C. The Hall–Kier alpha value is -2.30. The highest BCUT2D eigenvalue weighted by molar-refractivity contribution is 7.89. The number of esters is 1. The molecule has 0 fully saturated rings. The molecule has 0 atom stereocenters. The zero-order chi connectivity index (χ0) is 19.5. The maximum absolute atomic E-state index is 12.0. The first-order chi connectivity index (χ1) is 12.1. The zero-order valence-electron chi connectivity index (χ0n) is 14.7. The summed E-state index contributed by atoms with van der Waals surface area (Å²) in [5, 5.41) is 3.24. The van der Waals surface area contributed by atoms with Crippen LogP contribution in [0.5, 0.6) is 0 Å². The average Bonchev–Trinajstić information content (AvgIpc) is 2.92. The summed E-state index contributed by atoms with van der Waals surface area (Å²) in [5.41, 5.74) is 1.38. The van der Waals surface area contributed by atoms with E-state index in [1.807, 2.05) is 0 Å². The predicted molar refractivity (Wildman–Crippen MR) is 97.9 cm³/mol. The summed E-state index contributed by atoms with van der Waals surface area (Å²) in [6.45, 7) is 4.62. The van der Waals surface area contributed by atoms with Gasteiger partial charge in [-0.15, -0.1) is 11.3 Å². The van der Waals surface area contributed by atoms with Crippen molar-refractivity contribution in [3.05, 3.63) is 39.3 Å². The van der Waals surface area contributed by atoms with Crippen LogP contribution >= 0.6 is 11.3 Å². The summed E-state index contributed by atoms with van der Waals surface area (Å²) in [7, 11) is -2.34. The number of anilines is 1. The molecule has 1 amide bonds. The van der Waals surface area contributed by atoms with Crippen LogP contribution in [0.2, 0.25) is 0 Å². The van der Waals surface area contributed by atoms with Crippen LogP contribution in [0.1, 0.15) is 25.9 Å². The van der Waals surface area contributed by atoms with Crippen LogP contribution in [0.25, 0.3) is 0 Å². The van der Waals surface area contributed by atoms with Crippen LogP contribution < -0.4 is 10.0 Å². The third-order valence-corrected chi connectivity index (χ3v) is 6.06. The van der Waals surface area contributed by atoms with Gasteiger partial charge in [0.25, 0.3) is 5.91 Å². The topological polar surface area (TPSA) is 114 Å². The number of nitrogens with zero attached hydrogens (tertiary/aromatic N) is 1. The van der Waals surface area contributed by atoms with E-state index in [1.54, 1.807) is 32.9 Å². The normalized spacial score (nSPS) is 11.2. The fourth-order valence-corrected chi connectivity index (χ4v) is 4.00. The molecule has 8 nitrogen and oxygen atoms in total. The Kier molecular flexibility index (Phi) is 6.11. The molecule has 0 aliphatic heterocycles. The van der Waals surface area contributed by atoms with Gasteiger partial charge in [-0.25, -0.2) is 22.9 Å². The Labute approximate surface area is 155 Å². The van der Waals surface area contributed by atoms with E-state index in [9.17, 15) is 18.0 Å². The van der Waals surface area contributed by atoms with Gasteiger partial charge in [-0.05, 0) is 45.5 Å². The molecule has 0 saturated heterocycles. The minimum atomic E-state index is -3.64. The maximum atomic E-state index is 12.0. The molecular formula is C16H19N3O5S2. The molecule has 0 aliphatic rings. The van der Waals surface area contributed by atoms with Gasteiger partial charge in [0.2, 0.25) is 10.0 Å². The summed E-state index contributed by atoms with van der Waals surface area (Å²) in [5.74, 6) is -1.19. The molecule has 0 unspecified atom stereocenters. The third kappa shape index (κ3) is 4.65. The number of ether oxygens (including phenoxy) is 1. The molecule has 26 heavy (non-hydrogen) atoms. The highest BCUT2D eigenvalue weighted by atomic mass is 32.2. The number of hydrogen-bond donors (Lipinski definition) is 2. The van der Waals surface area contributed by atoms with E-state index in [0.717, 1.165) is 5.01 Å². The van der Waals surface area contributed by atoms with Gasteiger partial charge in [0.05, 0.1) is 15.6 Å². The predicted octanol–water partition coefficient (Wildman–Crippen LogP) is 1.77. The van der Waals surface area contributed by atoms with Crippen LogP contribution in [0.3, 0.4) is 0 Å². The molecule has 2 N–H and O–H groups in total. The van der Waals surface area contributed by atoms with Gasteiger partial charge in [0.1, 0.15) is 4.88 Å². The molecule has 1 aromatic carbocycles. The minimum absolute atomic E-state index is 0.0607. The van der Waals surface area contributed by atoms with Crippen molar-refractivity contribution < 1.29 is 22.7 Å². The first-order valence-electron chi connectivity index (χ1n) is 7.59. The third-order valence-electron chi connectivity index (χ3n) is 3.45. The number of amides is 1. The van der Waals surface area contributed by atoms with Gasteiger partial charge in [-0.3, -0.25) is 4.79 Å². The van der Waals surface area contributed by atoms with Crippen LogP contribution in [-0.2, 0) is 19.6 Å². The molecule has 140 valence electrons. The lowest BCUT2D eigenvalue weighted by Crippen LogP contribution is -2.22. The van der Waals surface area contributed by atoms with Crippen molar-refractivity contribution in [2.75, 3.05) is 19.0 Å². The quantitative estimate of drug-likeness (QED) is 0.718. The van der Waals surface area contributed by atoms with Gasteiger partial charge < -0.3 is 10.1 Å². The summed E-state index contributed by atoms with van der Waals surface area (Å²) in [4.78, 5) is 28.5. The number of carbonyl (C=O) groups excluding carboxylic acids is 2. The Balaban J connectivity index is 2.03. The van der Waals surface area contributed by atoms with Crippen molar-refractivity contribution in [2.45, 2.75) is 25.7 Å². The molecule has 0 spiro atoms. The lowest BCUT2D eigenvalue weighted by Gasteiger charge is -2.10. The molecule has 10 heteroatoms. The number of aromatic nitrogens is 1. The Bertz CT molecular complexity index is 951. The maximum Gasteiger partial charge on any atom is 0.350 e. The molecule has 1 heterocycles. The minimum Gasteiger partial charge on any atom is -0.451 e. The van der Waals surface area contributed by atoms with Crippen LogP contribution in [-0.4, -0.2) is 38.9 Å². The van der Waals surface area contributed by atoms with E-state index < -0.39 is 28.5 Å². The molecule has 0 radical (unpaired) electrons. The second-order valence-electron chi connectivity index (χ2n) is 5.46. The fourth-order valence-electron chi connectivity index (χ4n) is 2.19. The smallest absolute Gasteiger partial charge is 0.350 e. The molecule has 0 bridgehead atoms. The zero-order valence-corrected chi connectivity index (χ0v) is 16.4. The number of hydrogen-bond acceptors (Lipinski definition) is 7. The average molecular weight is 397 g/mol. The summed E-state index contributed by atoms with van der Waals surface area (Å²) in [6.07, 6.45) is 0. The molecule has 2 aromatic rings. The van der Waals surface area contributed by atoms with E-state index in [-0.39, 0.29) is 10.6 Å². The molecule has 0 aliphatic carbocycles. The summed E-state index contributed by atoms with van der Waals surface area (Å²) in [6, 6.07) is 4.49. The van der Waals surface area contributed by atoms with Gasteiger partial charge >= 0.3 is 5.97 Å². The van der Waals surface area contributed by atoms with E-state index in [0.29, 0.717) is 16.1 Å². The number of benzene rings is 1. The number of aryl methyl sites for hydroxylation is 3. The number of sulfonamides is 1. The molecular weight excluding hydrogens is 378 g/mol. The Morgan fingerprint density at radius 1 is 1.23 bits per heavy atom. The molecule has 1 aromatic heterocycles. The van der Waals surface area contributed by atoms with Gasteiger partial charge in [-0.2, -0.15) is 0 Å². The number of nitrogens with one attached hydrogen (secondary N) is 2. The first kappa shape index (κ1) is 20.0. The van der Waals surface area contributed by atoms with Crippen LogP contribution in [0.4, 0.5) is 5.69 Å². The lowest BCUT2D eigenvalue weighted by molar-refractivity contribution is -0.119. The van der Waals surface area contributed by atoms with Crippen molar-refractivity contribution in [2.24, 2.45) is 0 Å². The van der Waals surface area contributed by atoms with E-state index in [1.165, 1.54) is 24.5 Å². The van der Waals surface area contributed by atoms with E-state index in [2.05, 4.69) is 15.0 Å². The van der Waals surface area contributed by atoms with Crippen LogP contribution in [0.15, 0.2) is 23.1 Å². The number of thiazole rings is 1. The van der Waals surface area contributed by atoms with E-state index in [4.69, 9.17) is 4.74 Å². The number of carbonyl (C=O) groups is 2. The summed E-state index contributed by atoms with van der Waals surface area (Å²) >= 11 is 1.20. The van der Waals surface area contributed by atoms with Crippen molar-refractivity contribution in [3.63, 3.8) is 0 Å². The summed E-state index contributed by atoms with van der Waals surface area (Å²) < 4.78 is 31.2. The Morgan fingerprint density at radius 2 is 1.92 bits per heavy atom. The van der Waals surface area contributed by atoms with Crippen molar-refractivity contribution >= 4 is 38.9 Å². The van der Waals surface area contributed by atoms with Gasteiger partial charge in [0.15, 0.2) is 6.61 Å². The molecule has 2 rings (SSSR count). The molecule has 0 saturated carbocycles.